The molecule has 0 aromatic rings. The van der Waals surface area contributed by atoms with E-state index in [0.29, 0.717) is 13.1 Å². The molecule has 0 saturated carbocycles. The second kappa shape index (κ2) is 8.77. The third kappa shape index (κ3) is 6.59. The molecule has 0 fully saturated rings. The van der Waals surface area contributed by atoms with E-state index in [1.54, 1.807) is 13.8 Å². The first-order valence-electron chi connectivity index (χ1n) is 6.53. The zero-order valence-corrected chi connectivity index (χ0v) is 12.3. The lowest BCUT2D eigenvalue weighted by atomic mass is 10.2. The molecule has 0 radical (unpaired) electrons. The molecule has 0 aromatic carbocycles. The van der Waals surface area contributed by atoms with Crippen LogP contribution < -0.4 is 10.6 Å². The van der Waals surface area contributed by atoms with Crippen molar-refractivity contribution in [3.05, 3.63) is 0 Å². The first-order chi connectivity index (χ1) is 9.72. The van der Waals surface area contributed by atoms with Crippen molar-refractivity contribution in [3.8, 4) is 0 Å². The molecule has 9 heteroatoms. The number of aliphatic carboxylic acids is 2. The number of rotatable bonds is 8. The molecule has 120 valence electrons. The molecular formula is C12H21N3O6. The summed E-state index contributed by atoms with van der Waals surface area (Å²) in [5.41, 5.74) is 0. The number of carbonyl (C=O) groups excluding carboxylic acids is 2. The van der Waals surface area contributed by atoms with Gasteiger partial charge in [-0.15, -0.1) is 0 Å². The van der Waals surface area contributed by atoms with E-state index in [4.69, 9.17) is 10.2 Å². The van der Waals surface area contributed by atoms with E-state index in [9.17, 15) is 19.2 Å². The third-order valence-electron chi connectivity index (χ3n) is 2.78. The molecule has 0 aromatic heterocycles. The maximum absolute atomic E-state index is 11.9. The quantitative estimate of drug-likeness (QED) is 0.476. The lowest BCUT2D eigenvalue weighted by molar-refractivity contribution is -0.145. The van der Waals surface area contributed by atoms with Crippen LogP contribution in [0, 0.1) is 0 Å². The molecule has 0 aliphatic heterocycles. The first-order valence-corrected chi connectivity index (χ1v) is 6.53. The van der Waals surface area contributed by atoms with Crippen LogP contribution in [0.15, 0.2) is 0 Å². The number of urea groups is 1. The van der Waals surface area contributed by atoms with Gasteiger partial charge in [-0.2, -0.15) is 0 Å². The van der Waals surface area contributed by atoms with Crippen LogP contribution in [-0.2, 0) is 14.4 Å². The number of carbonyl (C=O) groups is 4. The SMILES string of the molecule is CCN(CC)C(=O)C(C)NC(=O)N[C@@H](CC(=O)O)C(=O)O. The molecule has 21 heavy (non-hydrogen) atoms. The van der Waals surface area contributed by atoms with E-state index in [2.05, 4.69) is 5.32 Å². The highest BCUT2D eigenvalue weighted by Gasteiger charge is 2.25. The van der Waals surface area contributed by atoms with Gasteiger partial charge in [-0.3, -0.25) is 9.59 Å². The number of carboxylic acids is 2. The standard InChI is InChI=1S/C12H21N3O6/c1-4-15(5-2)10(18)7(3)13-12(21)14-8(11(19)20)6-9(16)17/h7-8H,4-6H2,1-3H3,(H,16,17)(H,19,20)(H2,13,14,21)/t7?,8-/m0/s1. The highest BCUT2D eigenvalue weighted by atomic mass is 16.4. The van der Waals surface area contributed by atoms with Crippen molar-refractivity contribution >= 4 is 23.9 Å². The average molecular weight is 303 g/mol. The molecule has 2 atom stereocenters. The van der Waals surface area contributed by atoms with E-state index in [1.165, 1.54) is 11.8 Å². The fourth-order valence-electron chi connectivity index (χ4n) is 1.64. The lowest BCUT2D eigenvalue weighted by Gasteiger charge is -2.24. The first kappa shape index (κ1) is 18.7. The third-order valence-corrected chi connectivity index (χ3v) is 2.78. The summed E-state index contributed by atoms with van der Waals surface area (Å²) in [6.45, 7) is 6.02. The van der Waals surface area contributed by atoms with Crippen LogP contribution in [0.2, 0.25) is 0 Å². The van der Waals surface area contributed by atoms with Crippen molar-refractivity contribution < 1.29 is 29.4 Å². The van der Waals surface area contributed by atoms with Crippen LogP contribution in [0.3, 0.4) is 0 Å². The molecule has 0 saturated heterocycles. The van der Waals surface area contributed by atoms with Crippen molar-refractivity contribution in [2.45, 2.75) is 39.3 Å². The maximum Gasteiger partial charge on any atom is 0.326 e. The summed E-state index contributed by atoms with van der Waals surface area (Å²) < 4.78 is 0. The van der Waals surface area contributed by atoms with Gasteiger partial charge >= 0.3 is 18.0 Å². The van der Waals surface area contributed by atoms with Crippen LogP contribution in [0.5, 0.6) is 0 Å². The molecule has 9 nitrogen and oxygen atoms in total. The molecule has 0 aliphatic rings. The minimum atomic E-state index is -1.56. The Kier molecular flexibility index (Phi) is 7.80. The van der Waals surface area contributed by atoms with E-state index in [1.807, 2.05) is 5.32 Å². The second-order valence-electron chi connectivity index (χ2n) is 4.34. The highest BCUT2D eigenvalue weighted by molar-refractivity contribution is 5.89. The Bertz CT molecular complexity index is 408. The molecule has 0 heterocycles. The molecule has 0 rings (SSSR count). The Hall–Kier alpha value is -2.32. The summed E-state index contributed by atoms with van der Waals surface area (Å²) in [5.74, 6) is -3.12. The smallest absolute Gasteiger partial charge is 0.326 e. The lowest BCUT2D eigenvalue weighted by Crippen LogP contribution is -2.53. The summed E-state index contributed by atoms with van der Waals surface area (Å²) in [6.07, 6.45) is -0.749. The van der Waals surface area contributed by atoms with Gasteiger partial charge in [0, 0.05) is 13.1 Å². The number of amides is 3. The Morgan fingerprint density at radius 2 is 1.57 bits per heavy atom. The molecule has 4 N–H and O–H groups in total. The zero-order valence-electron chi connectivity index (χ0n) is 12.3. The van der Waals surface area contributed by atoms with Gasteiger partial charge in [-0.25, -0.2) is 9.59 Å². The predicted molar refractivity (Wildman–Crippen MR) is 72.7 cm³/mol. The van der Waals surface area contributed by atoms with Gasteiger partial charge in [0.25, 0.3) is 0 Å². The highest BCUT2D eigenvalue weighted by Crippen LogP contribution is 1.96. The Morgan fingerprint density at radius 1 is 1.05 bits per heavy atom. The Labute approximate surface area is 122 Å². The van der Waals surface area contributed by atoms with Gasteiger partial charge in [0.2, 0.25) is 5.91 Å². The van der Waals surface area contributed by atoms with Crippen molar-refractivity contribution in [3.63, 3.8) is 0 Å². The largest absolute Gasteiger partial charge is 0.481 e. The van der Waals surface area contributed by atoms with Crippen LogP contribution >= 0.6 is 0 Å². The zero-order chi connectivity index (χ0) is 16.6. The van der Waals surface area contributed by atoms with Gasteiger partial charge in [0.05, 0.1) is 6.42 Å². The van der Waals surface area contributed by atoms with Crippen molar-refractivity contribution in [2.75, 3.05) is 13.1 Å². The summed E-state index contributed by atoms with van der Waals surface area (Å²) >= 11 is 0. The summed E-state index contributed by atoms with van der Waals surface area (Å²) in [6, 6.07) is -3.31. The average Bonchev–Trinajstić information content (AvgIpc) is 2.38. The summed E-state index contributed by atoms with van der Waals surface area (Å²) in [5, 5.41) is 21.7. The minimum Gasteiger partial charge on any atom is -0.481 e. The number of nitrogens with one attached hydrogen (secondary N) is 2. The normalized spacial score (nSPS) is 12.9. The van der Waals surface area contributed by atoms with E-state index in [0.717, 1.165) is 0 Å². The Morgan fingerprint density at radius 3 is 1.95 bits per heavy atom. The monoisotopic (exact) mass is 303 g/mol. The van der Waals surface area contributed by atoms with Gasteiger partial charge < -0.3 is 25.7 Å². The number of nitrogens with zero attached hydrogens (tertiary/aromatic N) is 1. The van der Waals surface area contributed by atoms with Gasteiger partial charge in [-0.05, 0) is 20.8 Å². The topological polar surface area (TPSA) is 136 Å². The number of hydrogen-bond acceptors (Lipinski definition) is 4. The molecule has 0 spiro atoms. The van der Waals surface area contributed by atoms with Crippen molar-refractivity contribution in [1.29, 1.82) is 0 Å². The Balaban J connectivity index is 4.56. The van der Waals surface area contributed by atoms with Crippen molar-refractivity contribution in [1.82, 2.24) is 15.5 Å². The number of likely N-dealkylation sites (N-methyl/N-ethyl adjacent to an activating group) is 1. The van der Waals surface area contributed by atoms with Crippen LogP contribution in [0.1, 0.15) is 27.2 Å². The summed E-state index contributed by atoms with van der Waals surface area (Å²) in [4.78, 5) is 46.3. The second-order valence-corrected chi connectivity index (χ2v) is 4.34. The molecule has 0 aliphatic carbocycles. The molecular weight excluding hydrogens is 282 g/mol. The number of hydrogen-bond donors (Lipinski definition) is 4. The van der Waals surface area contributed by atoms with Gasteiger partial charge in [0.15, 0.2) is 0 Å². The van der Waals surface area contributed by atoms with Crippen LogP contribution in [0.25, 0.3) is 0 Å². The van der Waals surface area contributed by atoms with E-state index < -0.39 is 36.5 Å². The predicted octanol–water partition coefficient (Wildman–Crippen LogP) is -0.530. The molecule has 3 amide bonds. The fraction of sp³-hybridized carbons (Fsp3) is 0.667. The molecule has 1 unspecified atom stereocenters. The molecule has 0 bridgehead atoms. The van der Waals surface area contributed by atoms with Gasteiger partial charge in [0.1, 0.15) is 12.1 Å². The maximum atomic E-state index is 11.9. The van der Waals surface area contributed by atoms with Crippen LogP contribution in [-0.4, -0.2) is 64.2 Å². The minimum absolute atomic E-state index is 0.305. The van der Waals surface area contributed by atoms with E-state index >= 15 is 0 Å². The summed E-state index contributed by atoms with van der Waals surface area (Å²) in [7, 11) is 0. The fourth-order valence-corrected chi connectivity index (χ4v) is 1.64. The van der Waals surface area contributed by atoms with Crippen LogP contribution in [0.4, 0.5) is 4.79 Å². The van der Waals surface area contributed by atoms with Crippen molar-refractivity contribution in [2.24, 2.45) is 0 Å². The van der Waals surface area contributed by atoms with E-state index in [-0.39, 0.29) is 5.91 Å². The number of carboxylic acid groups (broad SMARTS) is 2. The van der Waals surface area contributed by atoms with Gasteiger partial charge in [-0.1, -0.05) is 0 Å².